The van der Waals surface area contributed by atoms with Crippen LogP contribution in [0.5, 0.6) is 0 Å². The number of hydrogen-bond donors (Lipinski definition) is 1. The number of benzene rings is 2. The molecule has 1 atom stereocenters. The fourth-order valence-corrected chi connectivity index (χ4v) is 6.99. The third-order valence-electron chi connectivity index (χ3n) is 6.43. The van der Waals surface area contributed by atoms with Gasteiger partial charge in [-0.25, -0.2) is 8.42 Å². The molecule has 0 saturated heterocycles. The van der Waals surface area contributed by atoms with Gasteiger partial charge in [0.05, 0.1) is 17.5 Å². The lowest BCUT2D eigenvalue weighted by molar-refractivity contribution is -0.133. The molecule has 4 rings (SSSR count). The quantitative estimate of drug-likeness (QED) is 0.356. The van der Waals surface area contributed by atoms with Gasteiger partial charge in [0.2, 0.25) is 21.8 Å². The molecular weight excluding hydrogens is 522 g/mol. The van der Waals surface area contributed by atoms with Crippen molar-refractivity contribution in [3.05, 3.63) is 82.0 Å². The topological polar surface area (TPSA) is 96.0 Å². The molecule has 3 aromatic rings. The van der Waals surface area contributed by atoms with Crippen molar-refractivity contribution in [2.24, 2.45) is 0 Å². The normalized spacial score (nSPS) is 15.3. The predicted octanol–water partition coefficient (Wildman–Crippen LogP) is 4.30. The SMILES string of the molecule is CCOCCCN(CC(=O)N1CCc2sccc2C1c1ccccc1)S(=O)(=O)c1ccc(NC(C)=O)cc1. The minimum absolute atomic E-state index is 0.0641. The lowest BCUT2D eigenvalue weighted by atomic mass is 9.93. The fourth-order valence-electron chi connectivity index (χ4n) is 4.66. The Kier molecular flexibility index (Phi) is 9.32. The third kappa shape index (κ3) is 6.50. The van der Waals surface area contributed by atoms with Gasteiger partial charge in [-0.2, -0.15) is 4.31 Å². The lowest BCUT2D eigenvalue weighted by Gasteiger charge is -2.37. The van der Waals surface area contributed by atoms with Crippen LogP contribution in [0.15, 0.2) is 70.9 Å². The molecule has 0 aliphatic carbocycles. The van der Waals surface area contributed by atoms with E-state index in [1.807, 2.05) is 42.6 Å². The monoisotopic (exact) mass is 555 g/mol. The maximum Gasteiger partial charge on any atom is 0.243 e. The number of carbonyl (C=O) groups is 2. The number of nitrogens with zero attached hydrogens (tertiary/aromatic N) is 2. The summed E-state index contributed by atoms with van der Waals surface area (Å²) in [5.74, 6) is -0.488. The Morgan fingerprint density at radius 2 is 1.84 bits per heavy atom. The second kappa shape index (κ2) is 12.7. The second-order valence-corrected chi connectivity index (χ2v) is 12.0. The number of nitrogens with one attached hydrogen (secondary N) is 1. The summed E-state index contributed by atoms with van der Waals surface area (Å²) in [4.78, 5) is 28.3. The molecule has 1 aliphatic heterocycles. The average Bonchev–Trinajstić information content (AvgIpc) is 3.39. The van der Waals surface area contributed by atoms with Gasteiger partial charge in [-0.15, -0.1) is 11.3 Å². The number of fused-ring (bicyclic) bond motifs is 1. The summed E-state index contributed by atoms with van der Waals surface area (Å²) in [6.45, 7) is 4.59. The third-order valence-corrected chi connectivity index (χ3v) is 9.28. The molecule has 0 radical (unpaired) electrons. The summed E-state index contributed by atoms with van der Waals surface area (Å²) in [5, 5.41) is 4.68. The summed E-state index contributed by atoms with van der Waals surface area (Å²) in [6, 6.07) is 17.6. The van der Waals surface area contributed by atoms with E-state index in [0.29, 0.717) is 31.9 Å². The van der Waals surface area contributed by atoms with Crippen LogP contribution in [0.4, 0.5) is 5.69 Å². The Hall–Kier alpha value is -3.05. The average molecular weight is 556 g/mol. The van der Waals surface area contributed by atoms with Crippen LogP contribution in [0.2, 0.25) is 0 Å². The van der Waals surface area contributed by atoms with Crippen LogP contribution in [0.1, 0.15) is 42.3 Å². The van der Waals surface area contributed by atoms with Crippen LogP contribution < -0.4 is 5.32 Å². The number of amides is 2. The number of thiophene rings is 1. The molecule has 1 aliphatic rings. The first kappa shape index (κ1) is 28.0. The van der Waals surface area contributed by atoms with Crippen molar-refractivity contribution in [2.75, 3.05) is 38.2 Å². The standard InChI is InChI=1S/C28H33N3O5S2/c1-3-36-18-7-16-30(38(34,35)24-12-10-23(11-13-24)29-21(2)32)20-27(33)31-17-14-26-25(15-19-37-26)28(31)22-8-5-4-6-9-22/h4-6,8-13,15,19,28H,3,7,14,16-18,20H2,1-2H3,(H,29,32). The highest BCUT2D eigenvalue weighted by Crippen LogP contribution is 2.38. The molecule has 1 aromatic heterocycles. The minimum atomic E-state index is -3.98. The lowest BCUT2D eigenvalue weighted by Crippen LogP contribution is -2.47. The van der Waals surface area contributed by atoms with Gasteiger partial charge in [0.25, 0.3) is 0 Å². The number of hydrogen-bond acceptors (Lipinski definition) is 6. The van der Waals surface area contributed by atoms with E-state index in [1.54, 1.807) is 28.4 Å². The van der Waals surface area contributed by atoms with Crippen LogP contribution in [-0.2, 0) is 30.8 Å². The zero-order chi connectivity index (χ0) is 27.1. The van der Waals surface area contributed by atoms with Crippen molar-refractivity contribution in [2.45, 2.75) is 37.6 Å². The highest BCUT2D eigenvalue weighted by Gasteiger charge is 2.35. The summed E-state index contributed by atoms with van der Waals surface area (Å²) < 4.78 is 34.0. The van der Waals surface area contributed by atoms with E-state index < -0.39 is 10.0 Å². The van der Waals surface area contributed by atoms with Gasteiger partial charge in [0, 0.05) is 43.8 Å². The largest absolute Gasteiger partial charge is 0.382 e. The van der Waals surface area contributed by atoms with Crippen molar-refractivity contribution in [3.63, 3.8) is 0 Å². The summed E-state index contributed by atoms with van der Waals surface area (Å²) in [5.41, 5.74) is 2.60. The Labute approximate surface area is 228 Å². The van der Waals surface area contributed by atoms with E-state index in [0.717, 1.165) is 17.5 Å². The zero-order valence-corrected chi connectivity index (χ0v) is 23.3. The van der Waals surface area contributed by atoms with Gasteiger partial charge in [0.1, 0.15) is 0 Å². The molecule has 2 heterocycles. The van der Waals surface area contributed by atoms with Crippen molar-refractivity contribution in [1.29, 1.82) is 0 Å². The molecule has 2 amide bonds. The molecule has 1 N–H and O–H groups in total. The molecule has 1 unspecified atom stereocenters. The predicted molar refractivity (Wildman–Crippen MR) is 149 cm³/mol. The molecule has 0 fully saturated rings. The first-order chi connectivity index (χ1) is 18.3. The molecule has 38 heavy (non-hydrogen) atoms. The van der Waals surface area contributed by atoms with Crippen molar-refractivity contribution < 1.29 is 22.7 Å². The van der Waals surface area contributed by atoms with Crippen molar-refractivity contribution >= 4 is 38.9 Å². The maximum absolute atomic E-state index is 13.8. The number of carbonyl (C=O) groups excluding carboxylic acids is 2. The van der Waals surface area contributed by atoms with Gasteiger partial charge in [-0.05, 0) is 66.6 Å². The first-order valence-corrected chi connectivity index (χ1v) is 15.0. The molecule has 8 nitrogen and oxygen atoms in total. The number of sulfonamides is 1. The van der Waals surface area contributed by atoms with Crippen LogP contribution in [0.3, 0.4) is 0 Å². The summed E-state index contributed by atoms with van der Waals surface area (Å²) >= 11 is 1.69. The van der Waals surface area contributed by atoms with Crippen molar-refractivity contribution in [1.82, 2.24) is 9.21 Å². The Morgan fingerprint density at radius 3 is 2.53 bits per heavy atom. The van der Waals surface area contributed by atoms with E-state index in [2.05, 4.69) is 11.4 Å². The van der Waals surface area contributed by atoms with Crippen LogP contribution in [-0.4, -0.2) is 62.3 Å². The molecule has 202 valence electrons. The van der Waals surface area contributed by atoms with E-state index in [-0.39, 0.29) is 35.8 Å². The Morgan fingerprint density at radius 1 is 1.11 bits per heavy atom. The van der Waals surface area contributed by atoms with E-state index in [9.17, 15) is 18.0 Å². The van der Waals surface area contributed by atoms with E-state index in [1.165, 1.54) is 28.2 Å². The highest BCUT2D eigenvalue weighted by molar-refractivity contribution is 7.89. The van der Waals surface area contributed by atoms with Crippen molar-refractivity contribution in [3.8, 4) is 0 Å². The van der Waals surface area contributed by atoms with Crippen LogP contribution in [0.25, 0.3) is 0 Å². The molecule has 0 saturated carbocycles. The zero-order valence-electron chi connectivity index (χ0n) is 21.6. The number of rotatable bonds is 11. The molecule has 0 bridgehead atoms. The molecule has 2 aromatic carbocycles. The first-order valence-electron chi connectivity index (χ1n) is 12.7. The van der Waals surface area contributed by atoms with E-state index >= 15 is 0 Å². The van der Waals surface area contributed by atoms with Gasteiger partial charge in [0.15, 0.2) is 0 Å². The Bertz CT molecular complexity index is 1340. The fraction of sp³-hybridized carbons (Fsp3) is 0.357. The van der Waals surface area contributed by atoms with Crippen LogP contribution in [0, 0.1) is 0 Å². The van der Waals surface area contributed by atoms with E-state index in [4.69, 9.17) is 4.74 Å². The van der Waals surface area contributed by atoms with Gasteiger partial charge in [-0.1, -0.05) is 30.3 Å². The summed E-state index contributed by atoms with van der Waals surface area (Å²) in [6.07, 6.45) is 1.20. The van der Waals surface area contributed by atoms with Crippen LogP contribution >= 0.6 is 11.3 Å². The molecule has 0 spiro atoms. The Balaban J connectivity index is 1.60. The minimum Gasteiger partial charge on any atom is -0.382 e. The number of anilines is 1. The summed E-state index contributed by atoms with van der Waals surface area (Å²) in [7, 11) is -3.98. The highest BCUT2D eigenvalue weighted by atomic mass is 32.2. The molecule has 10 heteroatoms. The second-order valence-electron chi connectivity index (χ2n) is 9.04. The van der Waals surface area contributed by atoms with Gasteiger partial charge >= 0.3 is 0 Å². The molecular formula is C28H33N3O5S2. The van der Waals surface area contributed by atoms with Gasteiger partial charge < -0.3 is 15.0 Å². The maximum atomic E-state index is 13.8. The number of ether oxygens (including phenoxy) is 1. The van der Waals surface area contributed by atoms with Gasteiger partial charge in [-0.3, -0.25) is 9.59 Å². The smallest absolute Gasteiger partial charge is 0.243 e.